The van der Waals surface area contributed by atoms with Gasteiger partial charge in [-0.15, -0.1) is 0 Å². The third-order valence-corrected chi connectivity index (χ3v) is 5.10. The quantitative estimate of drug-likeness (QED) is 0.862. The number of hydrogen-bond acceptors (Lipinski definition) is 4. The minimum absolute atomic E-state index is 0.0584. The summed E-state index contributed by atoms with van der Waals surface area (Å²) in [5.41, 5.74) is 2.65. The second kappa shape index (κ2) is 7.25. The first kappa shape index (κ1) is 19.3. The van der Waals surface area contributed by atoms with Gasteiger partial charge in [-0.3, -0.25) is 0 Å². The maximum absolute atomic E-state index is 11.7. The van der Waals surface area contributed by atoms with E-state index in [1.54, 1.807) is 24.3 Å². The maximum Gasteiger partial charge on any atom is 0.407 e. The standard InChI is InChI=1S/C22H22N4O2/c1-22(2,3)20-19(14-25(20)21(27)28)26(17-8-4-15(12-23)5-9-17)18-10-6-16(13-24)7-11-18/h4-11,19-20H,14H2,1-3H3,(H,27,28). The molecular weight excluding hydrogens is 352 g/mol. The summed E-state index contributed by atoms with van der Waals surface area (Å²) in [6.45, 7) is 6.50. The van der Waals surface area contributed by atoms with Gasteiger partial charge in [0, 0.05) is 17.9 Å². The van der Waals surface area contributed by atoms with Crippen LogP contribution in [0.2, 0.25) is 0 Å². The second-order valence-corrected chi connectivity index (χ2v) is 8.00. The molecule has 2 aromatic carbocycles. The van der Waals surface area contributed by atoms with E-state index in [1.807, 2.05) is 45.0 Å². The van der Waals surface area contributed by atoms with Crippen molar-refractivity contribution >= 4 is 17.5 Å². The Morgan fingerprint density at radius 2 is 1.43 bits per heavy atom. The van der Waals surface area contributed by atoms with Crippen molar-refractivity contribution in [2.75, 3.05) is 11.4 Å². The summed E-state index contributed by atoms with van der Waals surface area (Å²) in [6, 6.07) is 18.5. The number of hydrogen-bond donors (Lipinski definition) is 1. The van der Waals surface area contributed by atoms with Crippen LogP contribution in [-0.2, 0) is 0 Å². The summed E-state index contributed by atoms with van der Waals surface area (Å²) in [5, 5.41) is 27.8. The van der Waals surface area contributed by atoms with E-state index in [4.69, 9.17) is 10.5 Å². The van der Waals surface area contributed by atoms with Crippen LogP contribution in [0.1, 0.15) is 31.9 Å². The van der Waals surface area contributed by atoms with E-state index >= 15 is 0 Å². The smallest absolute Gasteiger partial charge is 0.407 e. The lowest BCUT2D eigenvalue weighted by molar-refractivity contribution is 0.00157. The molecule has 6 nitrogen and oxygen atoms in total. The number of amides is 1. The number of likely N-dealkylation sites (tertiary alicyclic amines) is 1. The van der Waals surface area contributed by atoms with E-state index in [1.165, 1.54) is 4.90 Å². The van der Waals surface area contributed by atoms with E-state index in [0.29, 0.717) is 17.7 Å². The molecule has 2 unspecified atom stereocenters. The summed E-state index contributed by atoms with van der Waals surface area (Å²) in [7, 11) is 0. The summed E-state index contributed by atoms with van der Waals surface area (Å²) in [6.07, 6.45) is -0.921. The molecule has 1 heterocycles. The van der Waals surface area contributed by atoms with Crippen molar-refractivity contribution in [1.29, 1.82) is 10.5 Å². The van der Waals surface area contributed by atoms with Crippen LogP contribution < -0.4 is 4.90 Å². The van der Waals surface area contributed by atoms with Crippen LogP contribution in [0, 0.1) is 28.1 Å². The predicted molar refractivity (Wildman–Crippen MR) is 106 cm³/mol. The monoisotopic (exact) mass is 374 g/mol. The van der Waals surface area contributed by atoms with E-state index in [9.17, 15) is 9.90 Å². The minimum atomic E-state index is -0.921. The Morgan fingerprint density at radius 3 is 1.75 bits per heavy atom. The number of benzene rings is 2. The third kappa shape index (κ3) is 3.50. The van der Waals surface area contributed by atoms with Crippen molar-refractivity contribution in [2.24, 2.45) is 5.41 Å². The number of nitriles is 2. The zero-order valence-electron chi connectivity index (χ0n) is 16.1. The Balaban J connectivity index is 2.06. The minimum Gasteiger partial charge on any atom is -0.465 e. The van der Waals surface area contributed by atoms with Gasteiger partial charge in [-0.2, -0.15) is 10.5 Å². The van der Waals surface area contributed by atoms with Crippen molar-refractivity contribution < 1.29 is 9.90 Å². The van der Waals surface area contributed by atoms with E-state index in [0.717, 1.165) is 11.4 Å². The molecule has 0 radical (unpaired) electrons. The van der Waals surface area contributed by atoms with Gasteiger partial charge in [-0.25, -0.2) is 4.79 Å². The summed E-state index contributed by atoms with van der Waals surface area (Å²) < 4.78 is 0. The normalized spacial score (nSPS) is 18.5. The Bertz CT molecular complexity index is 889. The van der Waals surface area contributed by atoms with Crippen LogP contribution in [0.25, 0.3) is 0 Å². The van der Waals surface area contributed by atoms with E-state index < -0.39 is 6.09 Å². The van der Waals surface area contributed by atoms with Gasteiger partial charge in [0.25, 0.3) is 0 Å². The summed E-state index contributed by atoms with van der Waals surface area (Å²) >= 11 is 0. The Hall–Kier alpha value is -3.51. The topological polar surface area (TPSA) is 91.4 Å². The first-order valence-corrected chi connectivity index (χ1v) is 9.05. The Kier molecular flexibility index (Phi) is 4.98. The molecule has 1 amide bonds. The van der Waals surface area contributed by atoms with Crippen molar-refractivity contribution in [3.63, 3.8) is 0 Å². The van der Waals surface area contributed by atoms with Gasteiger partial charge in [0.1, 0.15) is 0 Å². The number of nitrogens with zero attached hydrogens (tertiary/aromatic N) is 4. The predicted octanol–water partition coefficient (Wildman–Crippen LogP) is 4.34. The fourth-order valence-corrected chi connectivity index (χ4v) is 3.87. The number of rotatable bonds is 3. The summed E-state index contributed by atoms with van der Waals surface area (Å²) in [5.74, 6) is 0. The van der Waals surface area contributed by atoms with Gasteiger partial charge in [0.15, 0.2) is 0 Å². The lowest BCUT2D eigenvalue weighted by atomic mass is 9.75. The van der Waals surface area contributed by atoms with Crippen molar-refractivity contribution in [3.8, 4) is 12.1 Å². The number of carboxylic acid groups (broad SMARTS) is 1. The molecule has 1 N–H and O–H groups in total. The first-order chi connectivity index (χ1) is 13.3. The van der Waals surface area contributed by atoms with Crippen LogP contribution >= 0.6 is 0 Å². The molecule has 28 heavy (non-hydrogen) atoms. The molecule has 0 aromatic heterocycles. The number of carbonyl (C=O) groups is 1. The Labute approximate surface area is 164 Å². The molecule has 0 bridgehead atoms. The lowest BCUT2D eigenvalue weighted by Crippen LogP contribution is -2.71. The molecular formula is C22H22N4O2. The van der Waals surface area contributed by atoms with Crippen LogP contribution in [0.15, 0.2) is 48.5 Å². The molecule has 1 aliphatic heterocycles. The fourth-order valence-electron chi connectivity index (χ4n) is 3.87. The van der Waals surface area contributed by atoms with Crippen LogP contribution in [0.5, 0.6) is 0 Å². The van der Waals surface area contributed by atoms with Gasteiger partial charge in [0.05, 0.1) is 35.3 Å². The van der Waals surface area contributed by atoms with Crippen molar-refractivity contribution in [2.45, 2.75) is 32.9 Å². The number of anilines is 2. The first-order valence-electron chi connectivity index (χ1n) is 9.05. The molecule has 2 atom stereocenters. The fraction of sp³-hybridized carbons (Fsp3) is 0.318. The average molecular weight is 374 g/mol. The average Bonchev–Trinajstić information content (AvgIpc) is 2.63. The highest BCUT2D eigenvalue weighted by Gasteiger charge is 2.51. The molecule has 1 fully saturated rings. The highest BCUT2D eigenvalue weighted by molar-refractivity contribution is 5.71. The van der Waals surface area contributed by atoms with Gasteiger partial charge in [-0.1, -0.05) is 20.8 Å². The molecule has 0 aliphatic carbocycles. The molecule has 0 saturated carbocycles. The zero-order chi connectivity index (χ0) is 20.5. The molecule has 6 heteroatoms. The Morgan fingerprint density at radius 1 is 1.00 bits per heavy atom. The molecule has 1 saturated heterocycles. The van der Waals surface area contributed by atoms with Crippen molar-refractivity contribution in [1.82, 2.24) is 4.90 Å². The highest BCUT2D eigenvalue weighted by atomic mass is 16.4. The van der Waals surface area contributed by atoms with Gasteiger partial charge in [-0.05, 0) is 53.9 Å². The third-order valence-electron chi connectivity index (χ3n) is 5.10. The van der Waals surface area contributed by atoms with Crippen LogP contribution in [-0.4, -0.2) is 34.7 Å². The van der Waals surface area contributed by atoms with Gasteiger partial charge in [0.2, 0.25) is 0 Å². The second-order valence-electron chi connectivity index (χ2n) is 8.00. The SMILES string of the molecule is CC(C)(C)C1C(N(c2ccc(C#N)cc2)c2ccc(C#N)cc2)CN1C(=O)O. The molecule has 3 rings (SSSR count). The largest absolute Gasteiger partial charge is 0.465 e. The van der Waals surface area contributed by atoms with Gasteiger partial charge < -0.3 is 14.9 Å². The zero-order valence-corrected chi connectivity index (χ0v) is 16.1. The lowest BCUT2D eigenvalue weighted by Gasteiger charge is -2.56. The molecule has 0 spiro atoms. The van der Waals surface area contributed by atoms with Crippen molar-refractivity contribution in [3.05, 3.63) is 59.7 Å². The van der Waals surface area contributed by atoms with Crippen LogP contribution in [0.3, 0.4) is 0 Å². The summed E-state index contributed by atoms with van der Waals surface area (Å²) in [4.78, 5) is 15.3. The van der Waals surface area contributed by atoms with Gasteiger partial charge >= 0.3 is 6.09 Å². The van der Waals surface area contributed by atoms with E-state index in [2.05, 4.69) is 17.0 Å². The highest BCUT2D eigenvalue weighted by Crippen LogP contribution is 2.41. The molecule has 142 valence electrons. The molecule has 1 aliphatic rings. The maximum atomic E-state index is 11.7. The molecule has 2 aromatic rings. The van der Waals surface area contributed by atoms with E-state index in [-0.39, 0.29) is 17.5 Å². The van der Waals surface area contributed by atoms with Crippen LogP contribution in [0.4, 0.5) is 16.2 Å².